The fourth-order valence-electron chi connectivity index (χ4n) is 4.12. The monoisotopic (exact) mass is 411 g/mol. The number of nitrogens with zero attached hydrogens (tertiary/aromatic N) is 4. The fourth-order valence-corrected chi connectivity index (χ4v) is 4.12. The Morgan fingerprint density at radius 1 is 1.07 bits per heavy atom. The molecule has 3 heterocycles. The van der Waals surface area contributed by atoms with Crippen molar-refractivity contribution in [3.8, 4) is 0 Å². The number of hydrogen-bond acceptors (Lipinski definition) is 4. The Morgan fingerprint density at radius 3 is 2.73 bits per heavy atom. The average molecular weight is 411 g/mol. The molecule has 0 bridgehead atoms. The fraction of sp³-hybridized carbons (Fsp3) is 0.273. The van der Waals surface area contributed by atoms with Crippen LogP contribution >= 0.6 is 0 Å². The van der Waals surface area contributed by atoms with Crippen molar-refractivity contribution in [1.29, 1.82) is 0 Å². The third kappa shape index (κ3) is 3.17. The van der Waals surface area contributed by atoms with Crippen LogP contribution in [0.5, 0.6) is 0 Å². The van der Waals surface area contributed by atoms with Crippen LogP contribution in [-0.4, -0.2) is 39.8 Å². The van der Waals surface area contributed by atoms with Gasteiger partial charge in [0.15, 0.2) is 11.6 Å². The van der Waals surface area contributed by atoms with Crippen LogP contribution in [-0.2, 0) is 6.54 Å². The first-order valence-electron chi connectivity index (χ1n) is 9.84. The van der Waals surface area contributed by atoms with Gasteiger partial charge in [0.25, 0.3) is 0 Å². The van der Waals surface area contributed by atoms with Gasteiger partial charge in [-0.1, -0.05) is 18.2 Å². The zero-order chi connectivity index (χ0) is 20.8. The number of fused-ring (bicyclic) bond motifs is 2. The number of pyridine rings is 1. The smallest absolute Gasteiger partial charge is 0.206 e. The van der Waals surface area contributed by atoms with Gasteiger partial charge in [0.2, 0.25) is 5.95 Å². The van der Waals surface area contributed by atoms with E-state index in [1.54, 1.807) is 6.20 Å². The van der Waals surface area contributed by atoms with Crippen molar-refractivity contribution in [2.75, 3.05) is 18.0 Å². The van der Waals surface area contributed by atoms with E-state index in [9.17, 15) is 13.2 Å². The van der Waals surface area contributed by atoms with Crippen LogP contribution in [0.4, 0.5) is 19.1 Å². The zero-order valence-corrected chi connectivity index (χ0v) is 16.1. The molecular formula is C22H20F3N5. The van der Waals surface area contributed by atoms with Gasteiger partial charge in [-0.2, -0.15) is 0 Å². The molecule has 0 amide bonds. The molecular weight excluding hydrogens is 391 g/mol. The summed E-state index contributed by atoms with van der Waals surface area (Å²) in [6.07, 6.45) is 0.939. The number of aromatic nitrogens is 3. The van der Waals surface area contributed by atoms with Crippen molar-refractivity contribution in [3.05, 3.63) is 65.9 Å². The number of rotatable bonds is 3. The Kier molecular flexibility index (Phi) is 4.58. The van der Waals surface area contributed by atoms with E-state index in [0.29, 0.717) is 30.1 Å². The first-order valence-corrected chi connectivity index (χ1v) is 9.84. The van der Waals surface area contributed by atoms with Gasteiger partial charge in [-0.15, -0.1) is 0 Å². The maximum atomic E-state index is 14.1. The van der Waals surface area contributed by atoms with E-state index in [1.807, 2.05) is 39.8 Å². The number of imidazole rings is 1. The van der Waals surface area contributed by atoms with Crippen LogP contribution in [0, 0.1) is 11.6 Å². The first kappa shape index (κ1) is 18.9. The molecule has 8 heteroatoms. The van der Waals surface area contributed by atoms with Crippen LogP contribution in [0.1, 0.15) is 12.0 Å². The van der Waals surface area contributed by atoms with E-state index in [4.69, 9.17) is 5.73 Å². The van der Waals surface area contributed by atoms with E-state index < -0.39 is 23.8 Å². The van der Waals surface area contributed by atoms with Crippen LogP contribution in [0.3, 0.4) is 0 Å². The van der Waals surface area contributed by atoms with Crippen LogP contribution in [0.15, 0.2) is 48.7 Å². The van der Waals surface area contributed by atoms with Crippen molar-refractivity contribution in [2.24, 2.45) is 5.73 Å². The highest BCUT2D eigenvalue weighted by atomic mass is 19.2. The first-order chi connectivity index (χ1) is 14.5. The second-order valence-corrected chi connectivity index (χ2v) is 7.65. The predicted molar refractivity (Wildman–Crippen MR) is 110 cm³/mol. The molecule has 1 aliphatic rings. The normalized spacial score (nSPS) is 19.7. The molecule has 2 atom stereocenters. The van der Waals surface area contributed by atoms with Crippen molar-refractivity contribution in [1.82, 2.24) is 14.5 Å². The van der Waals surface area contributed by atoms with Crippen molar-refractivity contribution in [2.45, 2.75) is 25.2 Å². The molecule has 2 aromatic heterocycles. The highest BCUT2D eigenvalue weighted by Gasteiger charge is 2.29. The van der Waals surface area contributed by atoms with Gasteiger partial charge < -0.3 is 15.2 Å². The minimum Gasteiger partial charge on any atom is -0.340 e. The molecule has 2 aromatic carbocycles. The average Bonchev–Trinajstić information content (AvgIpc) is 3.08. The predicted octanol–water partition coefficient (Wildman–Crippen LogP) is 3.79. The topological polar surface area (TPSA) is 60.0 Å². The van der Waals surface area contributed by atoms with Crippen LogP contribution in [0.25, 0.3) is 21.9 Å². The highest BCUT2D eigenvalue weighted by molar-refractivity contribution is 5.83. The van der Waals surface area contributed by atoms with E-state index in [0.717, 1.165) is 28.6 Å². The lowest BCUT2D eigenvalue weighted by Crippen LogP contribution is -2.50. The SMILES string of the molecule is N[C@@H]1CN(c2nc3cc(F)c(F)cc3n2Cc2cccc3ncccc23)CCC1F. The number of anilines is 1. The molecule has 30 heavy (non-hydrogen) atoms. The van der Waals surface area contributed by atoms with Gasteiger partial charge in [-0.3, -0.25) is 4.98 Å². The van der Waals surface area contributed by atoms with Crippen molar-refractivity contribution < 1.29 is 13.2 Å². The summed E-state index contributed by atoms with van der Waals surface area (Å²) in [7, 11) is 0. The number of alkyl halides is 1. The summed E-state index contributed by atoms with van der Waals surface area (Å²) in [4.78, 5) is 10.8. The Bertz CT molecular complexity index is 1230. The molecule has 0 radical (unpaired) electrons. The summed E-state index contributed by atoms with van der Waals surface area (Å²) in [5, 5.41) is 0.967. The van der Waals surface area contributed by atoms with Crippen molar-refractivity contribution in [3.63, 3.8) is 0 Å². The van der Waals surface area contributed by atoms with Gasteiger partial charge in [-0.05, 0) is 24.1 Å². The van der Waals surface area contributed by atoms with Gasteiger partial charge in [0, 0.05) is 36.8 Å². The van der Waals surface area contributed by atoms with E-state index in [2.05, 4.69) is 9.97 Å². The maximum absolute atomic E-state index is 14.1. The molecule has 5 rings (SSSR count). The molecule has 1 aliphatic heterocycles. The lowest BCUT2D eigenvalue weighted by molar-refractivity contribution is 0.243. The second kappa shape index (κ2) is 7.28. The molecule has 2 N–H and O–H groups in total. The Hall–Kier alpha value is -3.13. The third-order valence-electron chi connectivity index (χ3n) is 5.69. The standard InChI is InChI=1S/C22H20F3N5/c23-15-6-8-29(12-18(15)26)22-28-20-9-16(24)17(25)10-21(20)30(22)11-13-3-1-5-19-14(13)4-2-7-27-19/h1-5,7,9-10,15,18H,6,8,11-12,26H2/t15?,18-/m1/s1. The minimum absolute atomic E-state index is 0.283. The number of benzene rings is 2. The molecule has 4 aromatic rings. The highest BCUT2D eigenvalue weighted by Crippen LogP contribution is 2.29. The summed E-state index contributed by atoms with van der Waals surface area (Å²) in [6, 6.07) is 11.3. The number of halogens is 3. The third-order valence-corrected chi connectivity index (χ3v) is 5.69. The Balaban J connectivity index is 1.66. The molecule has 1 unspecified atom stereocenters. The number of nitrogens with two attached hydrogens (primary N) is 1. The molecule has 0 aliphatic carbocycles. The van der Waals surface area contributed by atoms with Gasteiger partial charge in [-0.25, -0.2) is 18.2 Å². The molecule has 154 valence electrons. The van der Waals surface area contributed by atoms with Gasteiger partial charge in [0.1, 0.15) is 6.17 Å². The van der Waals surface area contributed by atoms with Crippen molar-refractivity contribution >= 4 is 27.9 Å². The van der Waals surface area contributed by atoms with E-state index in [1.165, 1.54) is 0 Å². The summed E-state index contributed by atoms with van der Waals surface area (Å²) < 4.78 is 43.7. The second-order valence-electron chi connectivity index (χ2n) is 7.65. The molecule has 0 spiro atoms. The molecule has 5 nitrogen and oxygen atoms in total. The largest absolute Gasteiger partial charge is 0.340 e. The number of piperidine rings is 1. The van der Waals surface area contributed by atoms with Crippen LogP contribution < -0.4 is 10.6 Å². The zero-order valence-electron chi connectivity index (χ0n) is 16.1. The lowest BCUT2D eigenvalue weighted by Gasteiger charge is -2.34. The van der Waals surface area contributed by atoms with E-state index in [-0.39, 0.29) is 13.0 Å². The summed E-state index contributed by atoms with van der Waals surface area (Å²) in [5.74, 6) is -1.36. The van der Waals surface area contributed by atoms with Gasteiger partial charge in [0.05, 0.1) is 29.1 Å². The summed E-state index contributed by atoms with van der Waals surface area (Å²) in [5.41, 5.74) is 8.58. The maximum Gasteiger partial charge on any atom is 0.206 e. The molecule has 1 saturated heterocycles. The summed E-state index contributed by atoms with van der Waals surface area (Å²) >= 11 is 0. The Labute approximate surface area is 170 Å². The minimum atomic E-state index is -1.07. The number of hydrogen-bond donors (Lipinski definition) is 1. The van der Waals surface area contributed by atoms with Gasteiger partial charge >= 0.3 is 0 Å². The molecule has 1 fully saturated rings. The Morgan fingerprint density at radius 2 is 1.90 bits per heavy atom. The summed E-state index contributed by atoms with van der Waals surface area (Å²) in [6.45, 7) is 1.09. The molecule has 0 saturated carbocycles. The lowest BCUT2D eigenvalue weighted by atomic mass is 10.1. The van der Waals surface area contributed by atoms with Crippen LogP contribution in [0.2, 0.25) is 0 Å². The quantitative estimate of drug-likeness (QED) is 0.557. The van der Waals surface area contributed by atoms with E-state index >= 15 is 0 Å².